The summed E-state index contributed by atoms with van der Waals surface area (Å²) in [6.45, 7) is 2.29. The zero-order valence-corrected chi connectivity index (χ0v) is 21.2. The van der Waals surface area contributed by atoms with Gasteiger partial charge in [-0.15, -0.1) is 0 Å². The highest BCUT2D eigenvalue weighted by atomic mass is 32.2. The van der Waals surface area contributed by atoms with Crippen LogP contribution < -0.4 is 15.4 Å². The first-order chi connectivity index (χ1) is 18.4. The van der Waals surface area contributed by atoms with E-state index in [0.717, 1.165) is 16.5 Å². The Kier molecular flexibility index (Phi) is 6.96. The van der Waals surface area contributed by atoms with Crippen molar-refractivity contribution in [2.75, 3.05) is 10.0 Å². The summed E-state index contributed by atoms with van der Waals surface area (Å²) in [4.78, 5) is 25.6. The first-order valence-corrected chi connectivity index (χ1v) is 13.3. The van der Waals surface area contributed by atoms with Crippen LogP contribution in [0.25, 0.3) is 22.3 Å². The maximum atomic E-state index is 13.3. The standard InChI is InChI=1S/C28H24N6O3S/c1-19-7-5-15-29-25(19)24-17-21-10-6-16-30-26(21)27(33-24)34-38(36,37)23-13-11-22(12-14-23)32-28(35)31-18-20-8-3-2-4-9-20/h2-17H,18H2,1H3,(H,33,34)(H2,31,32,35). The highest BCUT2D eigenvalue weighted by Gasteiger charge is 2.19. The molecule has 0 saturated carbocycles. The summed E-state index contributed by atoms with van der Waals surface area (Å²) in [5.41, 5.74) is 3.93. The van der Waals surface area contributed by atoms with E-state index in [1.54, 1.807) is 18.5 Å². The minimum atomic E-state index is -4.01. The Morgan fingerprint density at radius 3 is 2.37 bits per heavy atom. The van der Waals surface area contributed by atoms with Crippen molar-refractivity contribution in [1.82, 2.24) is 20.3 Å². The van der Waals surface area contributed by atoms with Gasteiger partial charge in [-0.25, -0.2) is 18.2 Å². The van der Waals surface area contributed by atoms with Crippen molar-refractivity contribution >= 4 is 38.5 Å². The lowest BCUT2D eigenvalue weighted by atomic mass is 10.1. The number of aromatic nitrogens is 3. The van der Waals surface area contributed by atoms with Crippen LogP contribution in [0.4, 0.5) is 16.3 Å². The van der Waals surface area contributed by atoms with E-state index in [2.05, 4.69) is 30.3 Å². The number of hydrogen-bond donors (Lipinski definition) is 3. The number of aryl methyl sites for hydroxylation is 1. The monoisotopic (exact) mass is 524 g/mol. The van der Waals surface area contributed by atoms with Crippen LogP contribution in [-0.2, 0) is 16.6 Å². The first-order valence-electron chi connectivity index (χ1n) is 11.8. The Morgan fingerprint density at radius 1 is 0.868 bits per heavy atom. The fraction of sp³-hybridized carbons (Fsp3) is 0.0714. The molecule has 0 fully saturated rings. The van der Waals surface area contributed by atoms with Crippen LogP contribution in [-0.4, -0.2) is 29.4 Å². The van der Waals surface area contributed by atoms with Gasteiger partial charge in [0.05, 0.1) is 16.3 Å². The smallest absolute Gasteiger partial charge is 0.319 e. The van der Waals surface area contributed by atoms with Crippen molar-refractivity contribution in [2.24, 2.45) is 0 Å². The maximum Gasteiger partial charge on any atom is 0.319 e. The number of hydrogen-bond acceptors (Lipinski definition) is 6. The van der Waals surface area contributed by atoms with Crippen LogP contribution >= 0.6 is 0 Å². The van der Waals surface area contributed by atoms with Crippen molar-refractivity contribution in [3.8, 4) is 11.4 Å². The number of urea groups is 1. The molecule has 0 radical (unpaired) electrons. The molecule has 9 nitrogen and oxygen atoms in total. The third-order valence-corrected chi connectivity index (χ3v) is 7.14. The van der Waals surface area contributed by atoms with Crippen molar-refractivity contribution < 1.29 is 13.2 Å². The third kappa shape index (κ3) is 5.60. The van der Waals surface area contributed by atoms with Crippen LogP contribution in [0.15, 0.2) is 102 Å². The van der Waals surface area contributed by atoms with E-state index < -0.39 is 16.1 Å². The second-order valence-electron chi connectivity index (χ2n) is 8.52. The quantitative estimate of drug-likeness (QED) is 0.271. The Labute approximate surface area is 220 Å². The van der Waals surface area contributed by atoms with Gasteiger partial charge in [0.1, 0.15) is 5.52 Å². The number of pyridine rings is 3. The van der Waals surface area contributed by atoms with Gasteiger partial charge in [0.15, 0.2) is 5.82 Å². The highest BCUT2D eigenvalue weighted by Crippen LogP contribution is 2.28. The predicted octanol–water partition coefficient (Wildman–Crippen LogP) is 5.12. The largest absolute Gasteiger partial charge is 0.334 e. The predicted molar refractivity (Wildman–Crippen MR) is 147 cm³/mol. The normalized spacial score (nSPS) is 11.2. The van der Waals surface area contributed by atoms with Gasteiger partial charge in [-0.1, -0.05) is 42.5 Å². The summed E-state index contributed by atoms with van der Waals surface area (Å²) >= 11 is 0. The summed E-state index contributed by atoms with van der Waals surface area (Å²) in [6, 6.07) is 24.2. The van der Waals surface area contributed by atoms with E-state index in [-0.39, 0.29) is 10.7 Å². The molecule has 3 aromatic heterocycles. The van der Waals surface area contributed by atoms with E-state index in [9.17, 15) is 13.2 Å². The lowest BCUT2D eigenvalue weighted by molar-refractivity contribution is 0.251. The Balaban J connectivity index is 1.35. The van der Waals surface area contributed by atoms with Crippen LogP contribution in [0.3, 0.4) is 0 Å². The SMILES string of the molecule is Cc1cccnc1-c1cc2cccnc2c(NS(=O)(=O)c2ccc(NC(=O)NCc3ccccc3)cc2)n1. The summed E-state index contributed by atoms with van der Waals surface area (Å²) in [5, 5.41) is 6.19. The lowest BCUT2D eigenvalue weighted by Crippen LogP contribution is -2.28. The molecule has 190 valence electrons. The molecule has 0 aliphatic heterocycles. The molecule has 3 N–H and O–H groups in total. The maximum absolute atomic E-state index is 13.3. The van der Waals surface area contributed by atoms with Crippen molar-refractivity contribution in [1.29, 1.82) is 0 Å². The van der Waals surface area contributed by atoms with Gasteiger partial charge in [0.2, 0.25) is 0 Å². The van der Waals surface area contributed by atoms with Crippen LogP contribution in [0, 0.1) is 6.92 Å². The molecule has 2 aromatic carbocycles. The summed E-state index contributed by atoms with van der Waals surface area (Å²) in [7, 11) is -4.01. The average Bonchev–Trinajstić information content (AvgIpc) is 2.93. The Hall–Kier alpha value is -4.83. The van der Waals surface area contributed by atoms with Gasteiger partial charge in [0, 0.05) is 30.0 Å². The number of nitrogens with one attached hydrogen (secondary N) is 3. The molecule has 0 spiro atoms. The molecule has 0 aliphatic carbocycles. The molecular formula is C28H24N6O3S. The fourth-order valence-electron chi connectivity index (χ4n) is 3.89. The summed E-state index contributed by atoms with van der Waals surface area (Å²) in [5.74, 6) is 0.102. The molecule has 0 unspecified atom stereocenters. The zero-order chi connectivity index (χ0) is 26.5. The molecule has 38 heavy (non-hydrogen) atoms. The minimum Gasteiger partial charge on any atom is -0.334 e. The van der Waals surface area contributed by atoms with Crippen LogP contribution in [0.2, 0.25) is 0 Å². The van der Waals surface area contributed by atoms with Crippen LogP contribution in [0.5, 0.6) is 0 Å². The summed E-state index contributed by atoms with van der Waals surface area (Å²) < 4.78 is 29.1. The molecule has 2 amide bonds. The van der Waals surface area contributed by atoms with Gasteiger partial charge in [0.25, 0.3) is 10.0 Å². The van der Waals surface area contributed by atoms with Gasteiger partial charge >= 0.3 is 6.03 Å². The first kappa shape index (κ1) is 24.8. The number of amides is 2. The summed E-state index contributed by atoms with van der Waals surface area (Å²) in [6.07, 6.45) is 3.25. The number of nitrogens with zero attached hydrogens (tertiary/aromatic N) is 3. The minimum absolute atomic E-state index is 0.0121. The number of carbonyl (C=O) groups excluding carboxylic acids is 1. The molecule has 10 heteroatoms. The van der Waals surface area contributed by atoms with E-state index in [1.165, 1.54) is 24.3 Å². The van der Waals surface area contributed by atoms with Gasteiger partial charge < -0.3 is 10.6 Å². The lowest BCUT2D eigenvalue weighted by Gasteiger charge is -2.13. The number of fused-ring (bicyclic) bond motifs is 1. The fourth-order valence-corrected chi connectivity index (χ4v) is 4.90. The zero-order valence-electron chi connectivity index (χ0n) is 20.4. The highest BCUT2D eigenvalue weighted by molar-refractivity contribution is 7.92. The van der Waals surface area contributed by atoms with Gasteiger partial charge in [-0.3, -0.25) is 14.7 Å². The topological polar surface area (TPSA) is 126 Å². The average molecular weight is 525 g/mol. The molecule has 0 atom stereocenters. The molecule has 3 heterocycles. The second kappa shape index (κ2) is 10.7. The number of rotatable bonds is 7. The molecule has 0 bridgehead atoms. The van der Waals surface area contributed by atoms with Crippen LogP contribution in [0.1, 0.15) is 11.1 Å². The Bertz CT molecular complexity index is 1710. The van der Waals surface area contributed by atoms with E-state index in [4.69, 9.17) is 0 Å². The van der Waals surface area contributed by atoms with Crippen molar-refractivity contribution in [3.05, 3.63) is 108 Å². The van der Waals surface area contributed by atoms with E-state index in [0.29, 0.717) is 29.1 Å². The molecule has 5 aromatic rings. The molecular weight excluding hydrogens is 500 g/mol. The third-order valence-electron chi connectivity index (χ3n) is 5.79. The van der Waals surface area contributed by atoms with Gasteiger partial charge in [-0.05, 0) is 60.5 Å². The van der Waals surface area contributed by atoms with E-state index >= 15 is 0 Å². The molecule has 0 saturated heterocycles. The second-order valence-corrected chi connectivity index (χ2v) is 10.2. The van der Waals surface area contributed by atoms with E-state index in [1.807, 2.05) is 61.5 Å². The number of benzene rings is 2. The van der Waals surface area contributed by atoms with Crippen molar-refractivity contribution in [3.63, 3.8) is 0 Å². The molecule has 5 rings (SSSR count). The molecule has 0 aliphatic rings. The number of sulfonamides is 1. The number of carbonyl (C=O) groups is 1. The van der Waals surface area contributed by atoms with Crippen molar-refractivity contribution in [2.45, 2.75) is 18.4 Å². The Morgan fingerprint density at radius 2 is 1.61 bits per heavy atom. The number of anilines is 2. The van der Waals surface area contributed by atoms with Gasteiger partial charge in [-0.2, -0.15) is 0 Å².